The number of nitrogens with two attached hydrogens (primary N) is 1. The van der Waals surface area contributed by atoms with Gasteiger partial charge in [0.2, 0.25) is 5.91 Å². The monoisotopic (exact) mass is 340 g/mol. The van der Waals surface area contributed by atoms with E-state index < -0.39 is 6.04 Å². The third-order valence-electron chi connectivity index (χ3n) is 4.22. The second kappa shape index (κ2) is 8.67. The van der Waals surface area contributed by atoms with Gasteiger partial charge in [-0.25, -0.2) is 0 Å². The van der Waals surface area contributed by atoms with E-state index in [4.69, 9.17) is 10.5 Å². The Kier molecular flexibility index (Phi) is 7.52. The molecule has 3 N–H and O–H groups in total. The van der Waals surface area contributed by atoms with Gasteiger partial charge < -0.3 is 15.8 Å². The Hall–Kier alpha value is -1.10. The first-order valence-corrected chi connectivity index (χ1v) is 8.13. The predicted octanol–water partition coefficient (Wildman–Crippen LogP) is 3.88. The molecule has 0 radical (unpaired) electrons. The molecule has 0 aromatic heterocycles. The van der Waals surface area contributed by atoms with E-state index in [0.717, 1.165) is 11.3 Å². The van der Waals surface area contributed by atoms with Gasteiger partial charge in [0.15, 0.2) is 0 Å². The minimum Gasteiger partial charge on any atom is -0.374 e. The molecule has 1 saturated carbocycles. The molecule has 130 valence electrons. The van der Waals surface area contributed by atoms with Gasteiger partial charge in [0, 0.05) is 5.69 Å². The maximum Gasteiger partial charge on any atom is 0.241 e. The zero-order valence-corrected chi connectivity index (χ0v) is 15.1. The van der Waals surface area contributed by atoms with Crippen molar-refractivity contribution < 1.29 is 9.53 Å². The molecule has 1 aliphatic rings. The van der Waals surface area contributed by atoms with E-state index in [2.05, 4.69) is 5.32 Å². The Labute approximate surface area is 145 Å². The number of carbonyl (C=O) groups is 1. The van der Waals surface area contributed by atoms with Crippen LogP contribution in [0.5, 0.6) is 0 Å². The van der Waals surface area contributed by atoms with Gasteiger partial charge in [0.1, 0.15) is 0 Å². The molecule has 1 aliphatic carbocycles. The number of carbonyl (C=O) groups excluding carboxylic acids is 1. The molecular weight excluding hydrogens is 312 g/mol. The second-order valence-electron chi connectivity index (χ2n) is 7.25. The first kappa shape index (κ1) is 19.9. The molecule has 1 atom stereocenters. The van der Waals surface area contributed by atoms with Crippen LogP contribution in [0.1, 0.15) is 52.0 Å². The van der Waals surface area contributed by atoms with Crippen LogP contribution in [-0.2, 0) is 16.1 Å². The van der Waals surface area contributed by atoms with Crippen molar-refractivity contribution in [3.63, 3.8) is 0 Å². The molecule has 0 saturated heterocycles. The molecule has 23 heavy (non-hydrogen) atoms. The highest BCUT2D eigenvalue weighted by Crippen LogP contribution is 2.23. The molecular formula is C18H29ClN2O2. The van der Waals surface area contributed by atoms with Crippen molar-refractivity contribution >= 4 is 24.0 Å². The van der Waals surface area contributed by atoms with Crippen LogP contribution in [0.3, 0.4) is 0 Å². The molecule has 0 unspecified atom stereocenters. The van der Waals surface area contributed by atoms with E-state index >= 15 is 0 Å². The van der Waals surface area contributed by atoms with Crippen LogP contribution in [-0.4, -0.2) is 18.1 Å². The van der Waals surface area contributed by atoms with Gasteiger partial charge in [-0.2, -0.15) is 0 Å². The highest BCUT2D eigenvalue weighted by atomic mass is 35.5. The molecule has 1 aromatic carbocycles. The smallest absolute Gasteiger partial charge is 0.241 e. The standard InChI is InChI=1S/C18H28N2O2.ClH/c1-18(2,3)16(19)17(21)20-14-10-8-13(9-11-14)12-22-15-6-4-5-7-15;/h8-11,15-16H,4-7,12,19H2,1-3H3,(H,20,21);1H/t16-;/m1./s1. The molecule has 2 rings (SSSR count). The fourth-order valence-electron chi connectivity index (χ4n) is 2.57. The van der Waals surface area contributed by atoms with Crippen molar-refractivity contribution in [3.05, 3.63) is 29.8 Å². The Bertz CT molecular complexity index is 491. The Morgan fingerprint density at radius 3 is 2.35 bits per heavy atom. The fourth-order valence-corrected chi connectivity index (χ4v) is 2.57. The molecule has 1 fully saturated rings. The normalized spacial score (nSPS) is 16.7. The summed E-state index contributed by atoms with van der Waals surface area (Å²) in [5.41, 5.74) is 7.61. The number of ether oxygens (including phenoxy) is 1. The van der Waals surface area contributed by atoms with Gasteiger partial charge in [-0.3, -0.25) is 4.79 Å². The van der Waals surface area contributed by atoms with Crippen molar-refractivity contribution in [2.24, 2.45) is 11.1 Å². The predicted molar refractivity (Wildman–Crippen MR) is 96.8 cm³/mol. The molecule has 1 amide bonds. The summed E-state index contributed by atoms with van der Waals surface area (Å²) < 4.78 is 5.89. The summed E-state index contributed by atoms with van der Waals surface area (Å²) in [6.07, 6.45) is 5.34. The van der Waals surface area contributed by atoms with Crippen LogP contribution in [0.25, 0.3) is 0 Å². The van der Waals surface area contributed by atoms with Crippen LogP contribution >= 0.6 is 12.4 Å². The lowest BCUT2D eigenvalue weighted by molar-refractivity contribution is -0.119. The summed E-state index contributed by atoms with van der Waals surface area (Å²) in [5, 5.41) is 2.87. The minimum atomic E-state index is -0.530. The topological polar surface area (TPSA) is 64.4 Å². The van der Waals surface area contributed by atoms with E-state index in [1.807, 2.05) is 45.0 Å². The molecule has 0 bridgehead atoms. The third-order valence-corrected chi connectivity index (χ3v) is 4.22. The Balaban J connectivity index is 0.00000264. The van der Waals surface area contributed by atoms with E-state index in [1.165, 1.54) is 25.7 Å². The van der Waals surface area contributed by atoms with Crippen molar-refractivity contribution in [1.29, 1.82) is 0 Å². The van der Waals surface area contributed by atoms with Gasteiger partial charge in [0.05, 0.1) is 18.8 Å². The number of benzene rings is 1. The first-order valence-electron chi connectivity index (χ1n) is 8.13. The first-order chi connectivity index (χ1) is 10.4. The maximum absolute atomic E-state index is 12.1. The SMILES string of the molecule is CC(C)(C)[C@H](N)C(=O)Nc1ccc(COC2CCCC2)cc1.Cl. The lowest BCUT2D eigenvalue weighted by Crippen LogP contribution is -2.45. The van der Waals surface area contributed by atoms with E-state index in [-0.39, 0.29) is 23.7 Å². The van der Waals surface area contributed by atoms with Gasteiger partial charge >= 0.3 is 0 Å². The van der Waals surface area contributed by atoms with E-state index in [1.54, 1.807) is 0 Å². The Morgan fingerprint density at radius 1 is 1.26 bits per heavy atom. The van der Waals surface area contributed by atoms with Crippen LogP contribution in [0.4, 0.5) is 5.69 Å². The van der Waals surface area contributed by atoms with Crippen LogP contribution in [0.15, 0.2) is 24.3 Å². The summed E-state index contributed by atoms with van der Waals surface area (Å²) in [7, 11) is 0. The zero-order chi connectivity index (χ0) is 16.2. The summed E-state index contributed by atoms with van der Waals surface area (Å²) in [6, 6.07) is 7.26. The number of anilines is 1. The van der Waals surface area contributed by atoms with Crippen molar-refractivity contribution in [3.8, 4) is 0 Å². The number of hydrogen-bond acceptors (Lipinski definition) is 3. The third kappa shape index (κ3) is 6.13. The molecule has 1 aromatic rings. The van der Waals surface area contributed by atoms with Crippen LogP contribution in [0.2, 0.25) is 0 Å². The van der Waals surface area contributed by atoms with Gasteiger partial charge in [-0.15, -0.1) is 12.4 Å². The zero-order valence-electron chi connectivity index (χ0n) is 14.3. The fraction of sp³-hybridized carbons (Fsp3) is 0.611. The van der Waals surface area contributed by atoms with Gasteiger partial charge in [0.25, 0.3) is 0 Å². The summed E-state index contributed by atoms with van der Waals surface area (Å²) in [4.78, 5) is 12.1. The number of hydrogen-bond donors (Lipinski definition) is 2. The highest BCUT2D eigenvalue weighted by Gasteiger charge is 2.27. The van der Waals surface area contributed by atoms with E-state index in [0.29, 0.717) is 12.7 Å². The second-order valence-corrected chi connectivity index (χ2v) is 7.25. The number of halogens is 1. The number of amides is 1. The van der Waals surface area contributed by atoms with Crippen LogP contribution < -0.4 is 11.1 Å². The molecule has 0 spiro atoms. The number of rotatable bonds is 5. The van der Waals surface area contributed by atoms with Crippen molar-refractivity contribution in [2.45, 2.75) is 65.2 Å². The average Bonchev–Trinajstić information content (AvgIpc) is 2.98. The lowest BCUT2D eigenvalue weighted by Gasteiger charge is -2.25. The average molecular weight is 341 g/mol. The molecule has 4 nitrogen and oxygen atoms in total. The maximum atomic E-state index is 12.1. The minimum absolute atomic E-state index is 0. The molecule has 0 heterocycles. The lowest BCUT2D eigenvalue weighted by atomic mass is 9.87. The largest absolute Gasteiger partial charge is 0.374 e. The molecule has 0 aliphatic heterocycles. The van der Waals surface area contributed by atoms with Crippen molar-refractivity contribution in [1.82, 2.24) is 0 Å². The quantitative estimate of drug-likeness (QED) is 0.854. The van der Waals surface area contributed by atoms with Gasteiger partial charge in [-0.05, 0) is 36.0 Å². The van der Waals surface area contributed by atoms with Crippen LogP contribution in [0, 0.1) is 5.41 Å². The molecule has 5 heteroatoms. The van der Waals surface area contributed by atoms with Gasteiger partial charge in [-0.1, -0.05) is 45.7 Å². The van der Waals surface area contributed by atoms with Crippen molar-refractivity contribution in [2.75, 3.05) is 5.32 Å². The summed E-state index contributed by atoms with van der Waals surface area (Å²) in [5.74, 6) is -0.151. The highest BCUT2D eigenvalue weighted by molar-refractivity contribution is 5.95. The summed E-state index contributed by atoms with van der Waals surface area (Å²) >= 11 is 0. The summed E-state index contributed by atoms with van der Waals surface area (Å²) in [6.45, 7) is 6.52. The number of nitrogens with one attached hydrogen (secondary N) is 1. The van der Waals surface area contributed by atoms with E-state index in [9.17, 15) is 4.79 Å². The Morgan fingerprint density at radius 2 is 1.83 bits per heavy atom.